The maximum atomic E-state index is 2.20. The third-order valence-corrected chi connectivity index (χ3v) is 6.38. The highest BCUT2D eigenvalue weighted by Crippen LogP contribution is 2.20. The zero-order valence-electron chi connectivity index (χ0n) is 20.5. The van der Waals surface area contributed by atoms with Crippen molar-refractivity contribution in [2.45, 2.75) is 27.7 Å². The Morgan fingerprint density at radius 2 is 0.882 bits per heavy atom. The van der Waals surface area contributed by atoms with Crippen molar-refractivity contribution in [2.24, 2.45) is 0 Å². The molecule has 34 heavy (non-hydrogen) atoms. The zero-order valence-corrected chi connectivity index (χ0v) is 20.5. The van der Waals surface area contributed by atoms with Gasteiger partial charge in [0, 0.05) is 0 Å². The normalized spacial score (nSPS) is 10.4. The first-order valence-electron chi connectivity index (χ1n) is 11.9. The van der Waals surface area contributed by atoms with E-state index >= 15 is 0 Å². The molecule has 0 aromatic heterocycles. The van der Waals surface area contributed by atoms with Gasteiger partial charge in [0.05, 0.1) is 0 Å². The third kappa shape index (κ3) is 5.53. The molecule has 0 bridgehead atoms. The largest absolute Gasteiger partial charge is 0.0616 e. The lowest BCUT2D eigenvalue weighted by Crippen LogP contribution is -1.82. The summed E-state index contributed by atoms with van der Waals surface area (Å²) in [5.74, 6) is 0. The van der Waals surface area contributed by atoms with Crippen molar-refractivity contribution in [1.29, 1.82) is 0 Å². The summed E-state index contributed by atoms with van der Waals surface area (Å²) < 4.78 is 0. The van der Waals surface area contributed by atoms with Crippen LogP contribution in [-0.2, 0) is 0 Å². The Morgan fingerprint density at radius 3 is 1.59 bits per heavy atom. The van der Waals surface area contributed by atoms with Gasteiger partial charge in [-0.15, -0.1) is 0 Å². The molecule has 0 amide bonds. The quantitative estimate of drug-likeness (QED) is 0.220. The van der Waals surface area contributed by atoms with Crippen molar-refractivity contribution in [3.05, 3.63) is 144 Å². The van der Waals surface area contributed by atoms with Gasteiger partial charge in [0.2, 0.25) is 0 Å². The van der Waals surface area contributed by atoms with Gasteiger partial charge in [0.25, 0.3) is 0 Å². The molecule has 0 unspecified atom stereocenters. The van der Waals surface area contributed by atoms with Crippen LogP contribution in [0, 0.1) is 27.7 Å². The maximum absolute atomic E-state index is 2.20. The van der Waals surface area contributed by atoms with E-state index in [-0.39, 0.29) is 0 Å². The molecule has 0 fully saturated rings. The van der Waals surface area contributed by atoms with Crippen molar-refractivity contribution in [3.63, 3.8) is 0 Å². The lowest BCUT2D eigenvalue weighted by molar-refractivity contribution is 1.38. The minimum atomic E-state index is 1.32. The van der Waals surface area contributed by atoms with Gasteiger partial charge in [-0.25, -0.2) is 0 Å². The molecule has 0 spiro atoms. The van der Waals surface area contributed by atoms with Crippen molar-refractivity contribution in [2.75, 3.05) is 0 Å². The average Bonchev–Trinajstić information content (AvgIpc) is 2.87. The van der Waals surface area contributed by atoms with Crippen LogP contribution in [0.25, 0.3) is 32.3 Å². The highest BCUT2D eigenvalue weighted by atomic mass is 14.0. The monoisotopic (exact) mass is 440 g/mol. The molecular formula is C34H32. The third-order valence-electron chi connectivity index (χ3n) is 6.38. The summed E-state index contributed by atoms with van der Waals surface area (Å²) in [5, 5.41) is 8.03. The molecule has 0 N–H and O–H groups in total. The van der Waals surface area contributed by atoms with E-state index in [0.717, 1.165) is 0 Å². The first-order valence-corrected chi connectivity index (χ1v) is 11.9. The van der Waals surface area contributed by atoms with Crippen molar-refractivity contribution < 1.29 is 0 Å². The number of hydrogen-bond donors (Lipinski definition) is 0. The molecule has 0 aliphatic carbocycles. The Morgan fingerprint density at radius 1 is 0.353 bits per heavy atom. The van der Waals surface area contributed by atoms with E-state index in [9.17, 15) is 0 Å². The lowest BCUT2D eigenvalue weighted by Gasteiger charge is -2.04. The smallest absolute Gasteiger partial charge is 0.0152 e. The van der Waals surface area contributed by atoms with Gasteiger partial charge in [-0.3, -0.25) is 0 Å². The summed E-state index contributed by atoms with van der Waals surface area (Å²) in [6.07, 6.45) is 0. The van der Waals surface area contributed by atoms with Gasteiger partial charge in [-0.2, -0.15) is 0 Å². The van der Waals surface area contributed by atoms with Crippen LogP contribution in [-0.4, -0.2) is 0 Å². The minimum absolute atomic E-state index is 1.32. The number of rotatable bonds is 0. The molecular weight excluding hydrogens is 408 g/mol. The summed E-state index contributed by atoms with van der Waals surface area (Å²) in [6, 6.07) is 42.6. The number of hydrogen-bond acceptors (Lipinski definition) is 0. The first-order chi connectivity index (χ1) is 16.5. The molecule has 0 heteroatoms. The molecule has 6 aromatic rings. The first kappa shape index (κ1) is 23.3. The molecule has 0 nitrogen and oxygen atoms in total. The minimum Gasteiger partial charge on any atom is -0.0616 e. The molecule has 168 valence electrons. The highest BCUT2D eigenvalue weighted by Gasteiger charge is 1.97. The van der Waals surface area contributed by atoms with Crippen LogP contribution in [0.4, 0.5) is 0 Å². The fourth-order valence-corrected chi connectivity index (χ4v) is 4.23. The Hall–Kier alpha value is -3.90. The molecule has 6 rings (SSSR count). The van der Waals surface area contributed by atoms with Crippen LogP contribution >= 0.6 is 0 Å². The van der Waals surface area contributed by atoms with E-state index in [1.807, 2.05) is 0 Å². The average molecular weight is 441 g/mol. The van der Waals surface area contributed by atoms with Crippen LogP contribution in [0.15, 0.2) is 121 Å². The Bertz CT molecular complexity index is 1530. The summed E-state index contributed by atoms with van der Waals surface area (Å²) in [4.78, 5) is 0. The SMILES string of the molecule is Cc1ccc2ccccc2c1.Cc1ccc2ccccc2c1C.Cc1cccc2ccccc12. The predicted molar refractivity (Wildman–Crippen MR) is 151 cm³/mol. The molecule has 0 atom stereocenters. The Balaban J connectivity index is 0.000000121. The van der Waals surface area contributed by atoms with E-state index < -0.39 is 0 Å². The second kappa shape index (κ2) is 10.8. The van der Waals surface area contributed by atoms with E-state index in [0.29, 0.717) is 0 Å². The summed E-state index contributed by atoms with van der Waals surface area (Å²) in [6.45, 7) is 8.59. The van der Waals surface area contributed by atoms with E-state index in [1.54, 1.807) is 0 Å². The fraction of sp³-hybridized carbons (Fsp3) is 0.118. The number of aryl methyl sites for hydroxylation is 4. The van der Waals surface area contributed by atoms with Crippen LogP contribution < -0.4 is 0 Å². The summed E-state index contributed by atoms with van der Waals surface area (Å²) in [7, 11) is 0. The van der Waals surface area contributed by atoms with E-state index in [2.05, 4.69) is 149 Å². The van der Waals surface area contributed by atoms with Gasteiger partial charge < -0.3 is 0 Å². The van der Waals surface area contributed by atoms with Gasteiger partial charge in [0.1, 0.15) is 0 Å². The van der Waals surface area contributed by atoms with Gasteiger partial charge in [-0.1, -0.05) is 127 Å². The van der Waals surface area contributed by atoms with Crippen molar-refractivity contribution in [1.82, 2.24) is 0 Å². The highest BCUT2D eigenvalue weighted by molar-refractivity contribution is 5.87. The van der Waals surface area contributed by atoms with Crippen molar-refractivity contribution in [3.8, 4) is 0 Å². The maximum Gasteiger partial charge on any atom is -0.0152 e. The predicted octanol–water partition coefficient (Wildman–Crippen LogP) is 9.75. The van der Waals surface area contributed by atoms with Crippen LogP contribution in [0.1, 0.15) is 22.3 Å². The topological polar surface area (TPSA) is 0 Å². The molecule has 0 aliphatic heterocycles. The molecule has 0 saturated carbocycles. The standard InChI is InChI=1S/C12H12.2C11H10/c1-9-7-8-11-5-3-4-6-12(11)10(9)2;1-9-5-4-7-10-6-2-3-8-11(9)10;1-9-6-7-10-4-2-3-5-11(10)8-9/h3-8H,1-2H3;2*2-8H,1H3. The second-order valence-corrected chi connectivity index (χ2v) is 8.88. The summed E-state index contributed by atoms with van der Waals surface area (Å²) in [5.41, 5.74) is 5.44. The summed E-state index contributed by atoms with van der Waals surface area (Å²) >= 11 is 0. The van der Waals surface area contributed by atoms with Crippen molar-refractivity contribution >= 4 is 32.3 Å². The van der Waals surface area contributed by atoms with Crippen LogP contribution in [0.2, 0.25) is 0 Å². The van der Waals surface area contributed by atoms with E-state index in [1.165, 1.54) is 54.6 Å². The fourth-order valence-electron chi connectivity index (χ4n) is 4.23. The van der Waals surface area contributed by atoms with Gasteiger partial charge in [-0.05, 0) is 76.7 Å². The number of fused-ring (bicyclic) bond motifs is 3. The van der Waals surface area contributed by atoms with Gasteiger partial charge >= 0.3 is 0 Å². The lowest BCUT2D eigenvalue weighted by atomic mass is 10.0. The molecule has 0 heterocycles. The molecule has 0 radical (unpaired) electrons. The van der Waals surface area contributed by atoms with Crippen LogP contribution in [0.5, 0.6) is 0 Å². The van der Waals surface area contributed by atoms with Crippen LogP contribution in [0.3, 0.4) is 0 Å². The molecule has 0 saturated heterocycles. The second-order valence-electron chi connectivity index (χ2n) is 8.88. The number of benzene rings is 6. The zero-order chi connectivity index (χ0) is 23.9. The van der Waals surface area contributed by atoms with Gasteiger partial charge in [0.15, 0.2) is 0 Å². The Labute approximate surface area is 203 Å². The Kier molecular flexibility index (Phi) is 7.40. The molecule has 0 aliphatic rings. The molecule has 6 aromatic carbocycles. The van der Waals surface area contributed by atoms with E-state index in [4.69, 9.17) is 0 Å².